The number of anilines is 1. The van der Waals surface area contributed by atoms with Gasteiger partial charge in [0.2, 0.25) is 0 Å². The van der Waals surface area contributed by atoms with Crippen molar-refractivity contribution in [1.29, 1.82) is 0 Å². The molecular formula is C12H10FNO. The predicted octanol–water partition coefficient (Wildman–Crippen LogP) is 2.78. The molecule has 0 aliphatic heterocycles. The number of phenolic OH excluding ortho intramolecular Hbond substituents is 1. The Kier molecular flexibility index (Phi) is 2.29. The molecule has 0 saturated carbocycles. The first kappa shape index (κ1) is 9.52. The van der Waals surface area contributed by atoms with E-state index in [-0.39, 0.29) is 11.6 Å². The van der Waals surface area contributed by atoms with Crippen LogP contribution >= 0.6 is 0 Å². The van der Waals surface area contributed by atoms with Gasteiger partial charge in [-0.05, 0) is 35.4 Å². The van der Waals surface area contributed by atoms with E-state index in [4.69, 9.17) is 5.73 Å². The first-order chi connectivity index (χ1) is 7.16. The lowest BCUT2D eigenvalue weighted by atomic mass is 10.1. The lowest BCUT2D eigenvalue weighted by Gasteiger charge is -2.04. The fourth-order valence-electron chi connectivity index (χ4n) is 1.37. The van der Waals surface area contributed by atoms with Crippen molar-refractivity contribution in [2.45, 2.75) is 0 Å². The fraction of sp³-hybridized carbons (Fsp3) is 0. The number of rotatable bonds is 1. The Balaban J connectivity index is 2.45. The summed E-state index contributed by atoms with van der Waals surface area (Å²) >= 11 is 0. The summed E-state index contributed by atoms with van der Waals surface area (Å²) in [7, 11) is 0. The minimum absolute atomic E-state index is 0.0387. The van der Waals surface area contributed by atoms with Crippen LogP contribution in [0.3, 0.4) is 0 Å². The highest BCUT2D eigenvalue weighted by molar-refractivity contribution is 5.69. The van der Waals surface area contributed by atoms with Crippen molar-refractivity contribution in [3.63, 3.8) is 0 Å². The van der Waals surface area contributed by atoms with Gasteiger partial charge < -0.3 is 10.8 Å². The van der Waals surface area contributed by atoms with E-state index in [2.05, 4.69) is 0 Å². The Bertz CT molecular complexity index is 479. The lowest BCUT2D eigenvalue weighted by Crippen LogP contribution is -1.86. The number of phenols is 1. The topological polar surface area (TPSA) is 46.2 Å². The molecule has 2 aromatic carbocycles. The van der Waals surface area contributed by atoms with Crippen LogP contribution in [0.1, 0.15) is 0 Å². The Labute approximate surface area is 86.8 Å². The van der Waals surface area contributed by atoms with Gasteiger partial charge in [0.1, 0.15) is 11.6 Å². The first-order valence-electron chi connectivity index (χ1n) is 4.51. The van der Waals surface area contributed by atoms with Gasteiger partial charge in [-0.2, -0.15) is 0 Å². The Morgan fingerprint density at radius 1 is 0.933 bits per heavy atom. The molecular weight excluding hydrogens is 193 g/mol. The summed E-state index contributed by atoms with van der Waals surface area (Å²) in [6.45, 7) is 0. The summed E-state index contributed by atoms with van der Waals surface area (Å²) in [5, 5.41) is 9.42. The van der Waals surface area contributed by atoms with Crippen LogP contribution in [0.4, 0.5) is 10.1 Å². The molecule has 0 aliphatic rings. The molecule has 0 atom stereocenters. The zero-order valence-electron chi connectivity index (χ0n) is 7.94. The van der Waals surface area contributed by atoms with Crippen LogP contribution < -0.4 is 5.73 Å². The second kappa shape index (κ2) is 3.61. The standard InChI is InChI=1S/C12H10FNO/c13-10-4-1-8(2-5-10)9-3-6-11(14)12(15)7-9/h1-7,15H,14H2. The number of nitrogens with two attached hydrogens (primary N) is 1. The van der Waals surface area contributed by atoms with Crippen molar-refractivity contribution in [3.05, 3.63) is 48.3 Å². The van der Waals surface area contributed by atoms with Gasteiger partial charge in [-0.1, -0.05) is 18.2 Å². The van der Waals surface area contributed by atoms with E-state index in [0.717, 1.165) is 11.1 Å². The molecule has 3 heteroatoms. The molecule has 0 saturated heterocycles. The summed E-state index contributed by atoms with van der Waals surface area (Å²) in [6, 6.07) is 11.0. The van der Waals surface area contributed by atoms with Crippen LogP contribution in [0.25, 0.3) is 11.1 Å². The lowest BCUT2D eigenvalue weighted by molar-refractivity contribution is 0.478. The molecule has 0 aromatic heterocycles. The van der Waals surface area contributed by atoms with E-state index >= 15 is 0 Å². The summed E-state index contributed by atoms with van der Waals surface area (Å²) in [5.41, 5.74) is 7.46. The predicted molar refractivity (Wildman–Crippen MR) is 57.9 cm³/mol. The number of hydrogen-bond acceptors (Lipinski definition) is 2. The molecule has 0 radical (unpaired) electrons. The minimum atomic E-state index is -0.279. The quantitative estimate of drug-likeness (QED) is 0.553. The second-order valence-corrected chi connectivity index (χ2v) is 3.28. The van der Waals surface area contributed by atoms with Crippen LogP contribution in [-0.4, -0.2) is 5.11 Å². The van der Waals surface area contributed by atoms with Crippen LogP contribution in [0.5, 0.6) is 5.75 Å². The third-order valence-corrected chi connectivity index (χ3v) is 2.21. The van der Waals surface area contributed by atoms with Gasteiger partial charge in [-0.15, -0.1) is 0 Å². The van der Waals surface area contributed by atoms with Gasteiger partial charge in [-0.3, -0.25) is 0 Å². The molecule has 3 N–H and O–H groups in total. The fourth-order valence-corrected chi connectivity index (χ4v) is 1.37. The monoisotopic (exact) mass is 203 g/mol. The molecule has 0 heterocycles. The first-order valence-corrected chi connectivity index (χ1v) is 4.51. The highest BCUT2D eigenvalue weighted by Gasteiger charge is 2.01. The number of halogens is 1. The van der Waals surface area contributed by atoms with E-state index in [1.54, 1.807) is 30.3 Å². The van der Waals surface area contributed by atoms with E-state index in [0.29, 0.717) is 5.69 Å². The molecule has 0 bridgehead atoms. The van der Waals surface area contributed by atoms with E-state index in [9.17, 15) is 9.50 Å². The molecule has 15 heavy (non-hydrogen) atoms. The van der Waals surface area contributed by atoms with Crippen molar-refractivity contribution >= 4 is 5.69 Å². The van der Waals surface area contributed by atoms with Crippen molar-refractivity contribution in [2.24, 2.45) is 0 Å². The summed E-state index contributed by atoms with van der Waals surface area (Å²) < 4.78 is 12.7. The number of benzene rings is 2. The molecule has 2 nitrogen and oxygen atoms in total. The van der Waals surface area contributed by atoms with Gasteiger partial charge in [-0.25, -0.2) is 4.39 Å². The zero-order chi connectivity index (χ0) is 10.8. The maximum Gasteiger partial charge on any atom is 0.139 e. The van der Waals surface area contributed by atoms with Gasteiger partial charge in [0.15, 0.2) is 0 Å². The molecule has 2 rings (SSSR count). The Morgan fingerprint density at radius 3 is 2.13 bits per heavy atom. The summed E-state index contributed by atoms with van der Waals surface area (Å²) in [4.78, 5) is 0. The summed E-state index contributed by atoms with van der Waals surface area (Å²) in [6.07, 6.45) is 0. The summed E-state index contributed by atoms with van der Waals surface area (Å²) in [5.74, 6) is -0.241. The highest BCUT2D eigenvalue weighted by Crippen LogP contribution is 2.27. The van der Waals surface area contributed by atoms with Crippen LogP contribution in [0, 0.1) is 5.82 Å². The molecule has 0 unspecified atom stereocenters. The molecule has 0 aliphatic carbocycles. The normalized spacial score (nSPS) is 10.2. The average Bonchev–Trinajstić information content (AvgIpc) is 2.23. The van der Waals surface area contributed by atoms with E-state index < -0.39 is 0 Å². The number of hydrogen-bond donors (Lipinski definition) is 2. The maximum atomic E-state index is 12.7. The maximum absolute atomic E-state index is 12.7. The molecule has 0 fully saturated rings. The minimum Gasteiger partial charge on any atom is -0.506 e. The molecule has 2 aromatic rings. The number of nitrogen functional groups attached to an aromatic ring is 1. The van der Waals surface area contributed by atoms with E-state index in [1.165, 1.54) is 12.1 Å². The van der Waals surface area contributed by atoms with Gasteiger partial charge >= 0.3 is 0 Å². The molecule has 0 spiro atoms. The smallest absolute Gasteiger partial charge is 0.139 e. The van der Waals surface area contributed by atoms with Crippen molar-refractivity contribution in [1.82, 2.24) is 0 Å². The second-order valence-electron chi connectivity index (χ2n) is 3.28. The van der Waals surface area contributed by atoms with Crippen molar-refractivity contribution in [3.8, 4) is 16.9 Å². The molecule has 76 valence electrons. The van der Waals surface area contributed by atoms with E-state index in [1.807, 2.05) is 0 Å². The number of aromatic hydroxyl groups is 1. The van der Waals surface area contributed by atoms with Crippen LogP contribution in [0.2, 0.25) is 0 Å². The third kappa shape index (κ3) is 1.91. The van der Waals surface area contributed by atoms with Crippen LogP contribution in [0.15, 0.2) is 42.5 Å². The van der Waals surface area contributed by atoms with Crippen molar-refractivity contribution < 1.29 is 9.50 Å². The average molecular weight is 203 g/mol. The van der Waals surface area contributed by atoms with Gasteiger partial charge in [0.05, 0.1) is 5.69 Å². The Hall–Kier alpha value is -2.03. The SMILES string of the molecule is Nc1ccc(-c2ccc(F)cc2)cc1O. The Morgan fingerprint density at radius 2 is 1.53 bits per heavy atom. The van der Waals surface area contributed by atoms with Gasteiger partial charge in [0.25, 0.3) is 0 Å². The van der Waals surface area contributed by atoms with Gasteiger partial charge in [0, 0.05) is 0 Å². The van der Waals surface area contributed by atoms with Crippen molar-refractivity contribution in [2.75, 3.05) is 5.73 Å². The third-order valence-electron chi connectivity index (χ3n) is 2.21. The van der Waals surface area contributed by atoms with Crippen LogP contribution in [-0.2, 0) is 0 Å². The zero-order valence-corrected chi connectivity index (χ0v) is 7.94. The molecule has 0 amide bonds. The highest BCUT2D eigenvalue weighted by atomic mass is 19.1. The largest absolute Gasteiger partial charge is 0.506 e.